The number of hydrogen-bond acceptors (Lipinski definition) is 5. The summed E-state index contributed by atoms with van der Waals surface area (Å²) in [6.07, 6.45) is 0. The Bertz CT molecular complexity index is 257. The largest absolute Gasteiger partial charge is 0.390 e. The molecule has 0 unspecified atom stereocenters. The van der Waals surface area contributed by atoms with Crippen LogP contribution in [0.3, 0.4) is 0 Å². The number of tetrazole rings is 1. The van der Waals surface area contributed by atoms with Crippen molar-refractivity contribution in [1.82, 2.24) is 20.2 Å². The van der Waals surface area contributed by atoms with Gasteiger partial charge in [-0.1, -0.05) is 5.10 Å². The van der Waals surface area contributed by atoms with Crippen molar-refractivity contribution >= 4 is 5.97 Å². The van der Waals surface area contributed by atoms with Crippen molar-refractivity contribution in [2.24, 2.45) is 0 Å². The van der Waals surface area contributed by atoms with E-state index in [9.17, 15) is 4.79 Å². The fourth-order valence-corrected chi connectivity index (χ4v) is 0.597. The molecule has 6 heteroatoms. The van der Waals surface area contributed by atoms with Gasteiger partial charge >= 0.3 is 12.0 Å². The third kappa shape index (κ3) is 1.73. The number of carbonyl (C=O) groups excluding carboxylic acids is 1. The molecule has 1 aromatic rings. The molecule has 0 spiro atoms. The molecule has 0 amide bonds. The van der Waals surface area contributed by atoms with E-state index in [0.29, 0.717) is 6.54 Å². The zero-order valence-corrected chi connectivity index (χ0v) is 6.31. The third-order valence-electron chi connectivity index (χ3n) is 1.03. The van der Waals surface area contributed by atoms with Crippen molar-refractivity contribution in [2.45, 2.75) is 20.4 Å². The lowest BCUT2D eigenvalue weighted by Crippen LogP contribution is -2.08. The predicted octanol–water partition coefficient (Wildman–Crippen LogP) is -0.382. The zero-order valence-electron chi connectivity index (χ0n) is 6.31. The Balaban J connectivity index is 2.76. The topological polar surface area (TPSA) is 69.9 Å². The van der Waals surface area contributed by atoms with E-state index in [-0.39, 0.29) is 6.01 Å². The second-order valence-electron chi connectivity index (χ2n) is 1.87. The lowest BCUT2D eigenvalue weighted by atomic mass is 10.7. The van der Waals surface area contributed by atoms with Crippen LogP contribution in [0.2, 0.25) is 0 Å². The van der Waals surface area contributed by atoms with Gasteiger partial charge in [-0.3, -0.25) is 4.79 Å². The van der Waals surface area contributed by atoms with E-state index in [1.807, 2.05) is 6.92 Å². The molecule has 11 heavy (non-hydrogen) atoms. The molecule has 0 N–H and O–H groups in total. The van der Waals surface area contributed by atoms with Crippen LogP contribution >= 0.6 is 0 Å². The van der Waals surface area contributed by atoms with Crippen molar-refractivity contribution in [3.8, 4) is 6.01 Å². The van der Waals surface area contributed by atoms with Crippen LogP contribution in [-0.2, 0) is 11.3 Å². The maximum atomic E-state index is 10.4. The van der Waals surface area contributed by atoms with Crippen molar-refractivity contribution in [3.05, 3.63) is 0 Å². The minimum atomic E-state index is -0.422. The molecule has 6 nitrogen and oxygen atoms in total. The number of carbonyl (C=O) groups is 1. The standard InChI is InChI=1S/C5H8N4O2/c1-3-9-5(6-7-8-9)11-4(2)10/h3H2,1-2H3. The Morgan fingerprint density at radius 2 is 2.45 bits per heavy atom. The van der Waals surface area contributed by atoms with Gasteiger partial charge < -0.3 is 4.74 Å². The summed E-state index contributed by atoms with van der Waals surface area (Å²) in [5, 5.41) is 10.4. The average molecular weight is 156 g/mol. The summed E-state index contributed by atoms with van der Waals surface area (Å²) in [5.74, 6) is -0.422. The summed E-state index contributed by atoms with van der Waals surface area (Å²) < 4.78 is 6.05. The second kappa shape index (κ2) is 3.09. The molecular weight excluding hydrogens is 148 g/mol. The normalized spacial score (nSPS) is 9.64. The highest BCUT2D eigenvalue weighted by Crippen LogP contribution is 2.01. The SMILES string of the molecule is CCn1nnnc1OC(C)=O. The lowest BCUT2D eigenvalue weighted by molar-refractivity contribution is -0.132. The van der Waals surface area contributed by atoms with Crippen LogP contribution in [-0.4, -0.2) is 26.2 Å². The fraction of sp³-hybridized carbons (Fsp3) is 0.600. The van der Waals surface area contributed by atoms with E-state index >= 15 is 0 Å². The molecule has 0 aliphatic heterocycles. The van der Waals surface area contributed by atoms with Crippen LogP contribution < -0.4 is 4.74 Å². The molecule has 0 fully saturated rings. The van der Waals surface area contributed by atoms with Gasteiger partial charge in [0.15, 0.2) is 0 Å². The average Bonchev–Trinajstić information content (AvgIpc) is 2.34. The van der Waals surface area contributed by atoms with E-state index < -0.39 is 5.97 Å². The first-order valence-corrected chi connectivity index (χ1v) is 3.18. The molecule has 0 saturated heterocycles. The van der Waals surface area contributed by atoms with Gasteiger partial charge in [-0.05, 0) is 17.4 Å². The molecule has 0 atom stereocenters. The smallest absolute Gasteiger partial charge is 0.343 e. The van der Waals surface area contributed by atoms with Crippen molar-refractivity contribution in [1.29, 1.82) is 0 Å². The Morgan fingerprint density at radius 1 is 1.73 bits per heavy atom. The predicted molar refractivity (Wildman–Crippen MR) is 34.8 cm³/mol. The van der Waals surface area contributed by atoms with Gasteiger partial charge in [0.2, 0.25) is 0 Å². The molecule has 1 heterocycles. The van der Waals surface area contributed by atoms with Gasteiger partial charge in [-0.25, -0.2) is 0 Å². The first-order chi connectivity index (χ1) is 5.24. The van der Waals surface area contributed by atoms with Crippen LogP contribution in [0.25, 0.3) is 0 Å². The van der Waals surface area contributed by atoms with E-state index in [0.717, 1.165) is 0 Å². The quantitative estimate of drug-likeness (QED) is 0.546. The van der Waals surface area contributed by atoms with Crippen molar-refractivity contribution in [2.75, 3.05) is 0 Å². The van der Waals surface area contributed by atoms with Crippen molar-refractivity contribution in [3.63, 3.8) is 0 Å². The summed E-state index contributed by atoms with van der Waals surface area (Å²) in [5.41, 5.74) is 0. The number of rotatable bonds is 2. The summed E-state index contributed by atoms with van der Waals surface area (Å²) in [7, 11) is 0. The maximum Gasteiger partial charge on any atom is 0.343 e. The highest BCUT2D eigenvalue weighted by atomic mass is 16.6. The van der Waals surface area contributed by atoms with Crippen LogP contribution in [0, 0.1) is 0 Å². The highest BCUT2D eigenvalue weighted by Gasteiger charge is 2.06. The fourth-order valence-electron chi connectivity index (χ4n) is 0.597. The van der Waals surface area contributed by atoms with Crippen LogP contribution in [0.15, 0.2) is 0 Å². The van der Waals surface area contributed by atoms with E-state index in [2.05, 4.69) is 20.3 Å². The molecule has 0 bridgehead atoms. The Labute approximate surface area is 63.1 Å². The van der Waals surface area contributed by atoms with Gasteiger partial charge in [-0.2, -0.15) is 4.68 Å². The lowest BCUT2D eigenvalue weighted by Gasteiger charge is -1.97. The monoisotopic (exact) mass is 156 g/mol. The van der Waals surface area contributed by atoms with Gasteiger partial charge in [-0.15, -0.1) is 0 Å². The molecule has 0 saturated carbocycles. The zero-order chi connectivity index (χ0) is 8.27. The summed E-state index contributed by atoms with van der Waals surface area (Å²) in [4.78, 5) is 10.4. The minimum absolute atomic E-state index is 0.139. The number of aromatic nitrogens is 4. The first-order valence-electron chi connectivity index (χ1n) is 3.18. The molecule has 0 aliphatic carbocycles. The van der Waals surface area contributed by atoms with E-state index in [1.54, 1.807) is 0 Å². The third-order valence-corrected chi connectivity index (χ3v) is 1.03. The van der Waals surface area contributed by atoms with E-state index in [1.165, 1.54) is 11.6 Å². The Kier molecular flexibility index (Phi) is 2.15. The first kappa shape index (κ1) is 7.64. The molecule has 0 aromatic carbocycles. The highest BCUT2D eigenvalue weighted by molar-refractivity contribution is 5.68. The minimum Gasteiger partial charge on any atom is -0.390 e. The number of hydrogen-bond donors (Lipinski definition) is 0. The number of aryl methyl sites for hydroxylation is 1. The van der Waals surface area contributed by atoms with Crippen LogP contribution in [0.5, 0.6) is 6.01 Å². The number of esters is 1. The van der Waals surface area contributed by atoms with Gasteiger partial charge in [0.25, 0.3) is 0 Å². The molecule has 1 rings (SSSR count). The Morgan fingerprint density at radius 3 is 3.00 bits per heavy atom. The summed E-state index contributed by atoms with van der Waals surface area (Å²) >= 11 is 0. The van der Waals surface area contributed by atoms with Gasteiger partial charge in [0.05, 0.1) is 0 Å². The van der Waals surface area contributed by atoms with Crippen LogP contribution in [0.1, 0.15) is 13.8 Å². The van der Waals surface area contributed by atoms with Gasteiger partial charge in [0.1, 0.15) is 0 Å². The molecule has 1 aromatic heterocycles. The van der Waals surface area contributed by atoms with Crippen molar-refractivity contribution < 1.29 is 9.53 Å². The van der Waals surface area contributed by atoms with E-state index in [4.69, 9.17) is 0 Å². The molecular formula is C5H8N4O2. The molecule has 0 radical (unpaired) electrons. The second-order valence-corrected chi connectivity index (χ2v) is 1.87. The van der Waals surface area contributed by atoms with Crippen LogP contribution in [0.4, 0.5) is 0 Å². The number of ether oxygens (including phenoxy) is 1. The van der Waals surface area contributed by atoms with Gasteiger partial charge in [0, 0.05) is 13.5 Å². The molecule has 60 valence electrons. The Hall–Kier alpha value is -1.46. The maximum absolute atomic E-state index is 10.4. The summed E-state index contributed by atoms with van der Waals surface area (Å²) in [6, 6.07) is 0.139. The molecule has 0 aliphatic rings. The summed E-state index contributed by atoms with van der Waals surface area (Å²) in [6.45, 7) is 3.73. The number of nitrogens with zero attached hydrogens (tertiary/aromatic N) is 4.